The zero-order valence-corrected chi connectivity index (χ0v) is 13.7. The maximum atomic E-state index is 12.3. The van der Waals surface area contributed by atoms with E-state index in [4.69, 9.17) is 0 Å². The van der Waals surface area contributed by atoms with Crippen LogP contribution in [0.1, 0.15) is 33.9 Å². The predicted octanol–water partition coefficient (Wildman–Crippen LogP) is 1.15. The lowest BCUT2D eigenvalue weighted by Crippen LogP contribution is -2.30. The molecule has 0 spiro atoms. The zero-order chi connectivity index (χ0) is 15.7. The minimum absolute atomic E-state index is 0.113. The monoisotopic (exact) mass is 320 g/mol. The summed E-state index contributed by atoms with van der Waals surface area (Å²) in [5.41, 5.74) is 0.939. The smallest absolute Gasteiger partial charge is 0.287 e. The summed E-state index contributed by atoms with van der Waals surface area (Å²) in [5, 5.41) is 3.48. The van der Waals surface area contributed by atoms with E-state index in [0.29, 0.717) is 16.8 Å². The molecule has 0 atom stereocenters. The normalized spacial score (nSPS) is 13.8. The summed E-state index contributed by atoms with van der Waals surface area (Å²) in [5.74, 6) is -0.200. The fourth-order valence-electron chi connectivity index (χ4n) is 2.79. The van der Waals surface area contributed by atoms with Gasteiger partial charge in [0.1, 0.15) is 4.83 Å². The molecule has 0 fully saturated rings. The van der Waals surface area contributed by atoms with Gasteiger partial charge in [-0.25, -0.2) is 4.98 Å². The molecule has 0 saturated carbocycles. The number of amides is 1. The van der Waals surface area contributed by atoms with Crippen LogP contribution in [0, 0.1) is 0 Å². The summed E-state index contributed by atoms with van der Waals surface area (Å²) < 4.78 is 0. The van der Waals surface area contributed by atoms with E-state index in [1.165, 1.54) is 4.88 Å². The SMILES string of the molecule is CN(C)CCCNC(=O)c1nc2sc3c(c2c(=O)[nH]1)CCC3. The molecule has 0 aliphatic heterocycles. The Morgan fingerprint density at radius 3 is 3.00 bits per heavy atom. The van der Waals surface area contributed by atoms with Gasteiger partial charge in [0.2, 0.25) is 5.82 Å². The van der Waals surface area contributed by atoms with E-state index in [-0.39, 0.29) is 17.3 Å². The maximum absolute atomic E-state index is 12.3. The largest absolute Gasteiger partial charge is 0.349 e. The van der Waals surface area contributed by atoms with Crippen LogP contribution < -0.4 is 10.9 Å². The number of aromatic amines is 1. The number of carbonyl (C=O) groups is 1. The van der Waals surface area contributed by atoms with Crippen LogP contribution in [0.3, 0.4) is 0 Å². The van der Waals surface area contributed by atoms with Crippen LogP contribution >= 0.6 is 11.3 Å². The van der Waals surface area contributed by atoms with Gasteiger partial charge >= 0.3 is 0 Å². The second-order valence-electron chi connectivity index (χ2n) is 5.86. The molecule has 0 aromatic carbocycles. The first kappa shape index (κ1) is 15.2. The number of aromatic nitrogens is 2. The number of rotatable bonds is 5. The van der Waals surface area contributed by atoms with E-state index >= 15 is 0 Å². The third-order valence-corrected chi connectivity index (χ3v) is 5.04. The van der Waals surface area contributed by atoms with Gasteiger partial charge in [-0.05, 0) is 51.9 Å². The molecular formula is C15H20N4O2S. The molecule has 0 saturated heterocycles. The van der Waals surface area contributed by atoms with Crippen molar-refractivity contribution in [2.75, 3.05) is 27.2 Å². The number of nitrogens with zero attached hydrogens (tertiary/aromatic N) is 2. The Kier molecular flexibility index (Phi) is 4.26. The quantitative estimate of drug-likeness (QED) is 0.810. The maximum Gasteiger partial charge on any atom is 0.287 e. The first-order chi connectivity index (χ1) is 10.6. The van der Waals surface area contributed by atoms with Crippen LogP contribution in [0.15, 0.2) is 4.79 Å². The first-order valence-electron chi connectivity index (χ1n) is 7.54. The highest BCUT2D eigenvalue weighted by molar-refractivity contribution is 7.18. The second-order valence-corrected chi connectivity index (χ2v) is 6.95. The Morgan fingerprint density at radius 1 is 1.41 bits per heavy atom. The average Bonchev–Trinajstić information content (AvgIpc) is 3.02. The fraction of sp³-hybridized carbons (Fsp3) is 0.533. The molecule has 2 N–H and O–H groups in total. The molecule has 0 unspecified atom stereocenters. The lowest BCUT2D eigenvalue weighted by atomic mass is 10.2. The van der Waals surface area contributed by atoms with Gasteiger partial charge < -0.3 is 15.2 Å². The van der Waals surface area contributed by atoms with E-state index in [9.17, 15) is 9.59 Å². The van der Waals surface area contributed by atoms with Crippen LogP contribution in [0.2, 0.25) is 0 Å². The number of aryl methyl sites for hydroxylation is 2. The Hall–Kier alpha value is -1.73. The van der Waals surface area contributed by atoms with Crippen molar-refractivity contribution in [2.24, 2.45) is 0 Å². The molecular weight excluding hydrogens is 300 g/mol. The Balaban J connectivity index is 1.77. The summed E-state index contributed by atoms with van der Waals surface area (Å²) in [6, 6.07) is 0. The van der Waals surface area contributed by atoms with Crippen molar-refractivity contribution in [3.8, 4) is 0 Å². The summed E-state index contributed by atoms with van der Waals surface area (Å²) in [6.07, 6.45) is 3.92. The van der Waals surface area contributed by atoms with Crippen molar-refractivity contribution in [3.05, 3.63) is 26.6 Å². The summed E-state index contributed by atoms with van der Waals surface area (Å²) in [6.45, 7) is 1.47. The van der Waals surface area contributed by atoms with Gasteiger partial charge in [-0.1, -0.05) is 0 Å². The third kappa shape index (κ3) is 2.91. The molecule has 2 aromatic rings. The molecule has 1 aliphatic rings. The minimum Gasteiger partial charge on any atom is -0.349 e. The van der Waals surface area contributed by atoms with Crippen LogP contribution in [-0.2, 0) is 12.8 Å². The summed E-state index contributed by atoms with van der Waals surface area (Å²) >= 11 is 1.55. The molecule has 0 radical (unpaired) electrons. The number of thiophene rings is 1. The standard InChI is InChI=1S/C15H20N4O2S/c1-19(2)8-4-7-16-14(21)12-17-13(20)11-9-5-3-6-10(9)22-15(11)18-12/h3-8H2,1-2H3,(H,16,21)(H,17,18,20). The van der Waals surface area contributed by atoms with Crippen molar-refractivity contribution in [1.82, 2.24) is 20.2 Å². The second kappa shape index (κ2) is 6.18. The number of H-pyrrole nitrogens is 1. The topological polar surface area (TPSA) is 78.1 Å². The number of fused-ring (bicyclic) bond motifs is 3. The highest BCUT2D eigenvalue weighted by Crippen LogP contribution is 2.34. The van der Waals surface area contributed by atoms with Gasteiger partial charge in [-0.2, -0.15) is 0 Å². The molecule has 2 heterocycles. The average molecular weight is 320 g/mol. The third-order valence-electron chi connectivity index (χ3n) is 3.86. The van der Waals surface area contributed by atoms with Gasteiger partial charge in [0.05, 0.1) is 5.39 Å². The predicted molar refractivity (Wildman–Crippen MR) is 87.8 cm³/mol. The Labute approximate surface area is 132 Å². The van der Waals surface area contributed by atoms with E-state index in [0.717, 1.165) is 37.8 Å². The molecule has 2 aromatic heterocycles. The summed E-state index contributed by atoms with van der Waals surface area (Å²) in [4.78, 5) is 35.4. The van der Waals surface area contributed by atoms with Crippen LogP contribution in [0.4, 0.5) is 0 Å². The number of carbonyl (C=O) groups excluding carboxylic acids is 1. The van der Waals surface area contributed by atoms with Crippen molar-refractivity contribution in [1.29, 1.82) is 0 Å². The molecule has 1 amide bonds. The van der Waals surface area contributed by atoms with E-state index in [2.05, 4.69) is 20.2 Å². The molecule has 6 nitrogen and oxygen atoms in total. The number of hydrogen-bond donors (Lipinski definition) is 2. The first-order valence-corrected chi connectivity index (χ1v) is 8.35. The highest BCUT2D eigenvalue weighted by Gasteiger charge is 2.22. The van der Waals surface area contributed by atoms with E-state index in [1.807, 2.05) is 14.1 Å². The van der Waals surface area contributed by atoms with Crippen molar-refractivity contribution in [3.63, 3.8) is 0 Å². The molecule has 1 aliphatic carbocycles. The number of nitrogens with one attached hydrogen (secondary N) is 2. The van der Waals surface area contributed by atoms with Crippen molar-refractivity contribution < 1.29 is 4.79 Å². The van der Waals surface area contributed by atoms with Gasteiger partial charge in [0.25, 0.3) is 11.5 Å². The fourth-order valence-corrected chi connectivity index (χ4v) is 4.05. The lowest BCUT2D eigenvalue weighted by molar-refractivity contribution is 0.0942. The highest BCUT2D eigenvalue weighted by atomic mass is 32.1. The molecule has 7 heteroatoms. The molecule has 3 rings (SSSR count). The van der Waals surface area contributed by atoms with Crippen molar-refractivity contribution >= 4 is 27.5 Å². The van der Waals surface area contributed by atoms with Crippen LogP contribution in [0.25, 0.3) is 10.2 Å². The van der Waals surface area contributed by atoms with Crippen molar-refractivity contribution in [2.45, 2.75) is 25.7 Å². The van der Waals surface area contributed by atoms with Gasteiger partial charge in [-0.15, -0.1) is 11.3 Å². The minimum atomic E-state index is -0.314. The van der Waals surface area contributed by atoms with Gasteiger partial charge in [0.15, 0.2) is 0 Å². The summed E-state index contributed by atoms with van der Waals surface area (Å²) in [7, 11) is 3.98. The van der Waals surface area contributed by atoms with E-state index in [1.54, 1.807) is 11.3 Å². The zero-order valence-electron chi connectivity index (χ0n) is 12.9. The number of hydrogen-bond acceptors (Lipinski definition) is 5. The lowest BCUT2D eigenvalue weighted by Gasteiger charge is -2.09. The molecule has 22 heavy (non-hydrogen) atoms. The molecule has 0 bridgehead atoms. The molecule has 118 valence electrons. The van der Waals surface area contributed by atoms with Crippen LogP contribution in [0.5, 0.6) is 0 Å². The van der Waals surface area contributed by atoms with Crippen LogP contribution in [-0.4, -0.2) is 48.0 Å². The Morgan fingerprint density at radius 2 is 2.23 bits per heavy atom. The van der Waals surface area contributed by atoms with Gasteiger partial charge in [0, 0.05) is 11.4 Å². The van der Waals surface area contributed by atoms with E-state index < -0.39 is 0 Å². The Bertz CT molecular complexity index is 763. The van der Waals surface area contributed by atoms with Gasteiger partial charge in [-0.3, -0.25) is 9.59 Å².